The van der Waals surface area contributed by atoms with Gasteiger partial charge in [0.25, 0.3) is 0 Å². The molecule has 0 aromatic carbocycles. The highest BCUT2D eigenvalue weighted by Crippen LogP contribution is 2.31. The van der Waals surface area contributed by atoms with Crippen LogP contribution in [0.5, 0.6) is 0 Å². The Bertz CT molecular complexity index is 1970. The van der Waals surface area contributed by atoms with Gasteiger partial charge >= 0.3 is 35.8 Å². The van der Waals surface area contributed by atoms with E-state index < -0.39 is 160 Å². The maximum atomic E-state index is 14.8. The average molecular weight is 1560 g/mol. The highest BCUT2D eigenvalue weighted by molar-refractivity contribution is 9.11. The summed E-state index contributed by atoms with van der Waals surface area (Å²) in [6.07, 6.45) is 0.311. The molecule has 0 spiro atoms. The molecule has 0 aliphatic rings. The molecule has 29 heteroatoms. The Balaban J connectivity index is 7.96. The van der Waals surface area contributed by atoms with Crippen molar-refractivity contribution < 1.29 is 90.5 Å². The Labute approximate surface area is 534 Å². The van der Waals surface area contributed by atoms with Crippen LogP contribution < -0.4 is 21.7 Å². The van der Waals surface area contributed by atoms with Crippen LogP contribution in [0.2, 0.25) is 0 Å². The summed E-state index contributed by atoms with van der Waals surface area (Å²) in [5.41, 5.74) is -1.52. The maximum absolute atomic E-state index is 14.8. The van der Waals surface area contributed by atoms with E-state index in [-0.39, 0.29) is 33.0 Å². The molecule has 476 valence electrons. The lowest BCUT2D eigenvalue weighted by atomic mass is 9.84. The SMILES string of the molecule is CCC(C)(Br)C(=O)OCC(C)(COC(=O)C(C)(C)Br)C(=O)NCC(CNC(=O)C(C)(COC(=O)C(C)(C)Br)COC(=O)C(C)(C)Br)(CNC(=O)C(C)(COC(=O)C(C)(C)Br)COC(=O)C(C)(C)Br)COCCOCCOCCOCCN. The van der Waals surface area contributed by atoms with E-state index in [9.17, 15) is 43.2 Å². The van der Waals surface area contributed by atoms with Crippen LogP contribution in [0.25, 0.3) is 0 Å². The molecule has 0 aromatic rings. The molecule has 2 unspecified atom stereocenters. The lowest BCUT2D eigenvalue weighted by Gasteiger charge is -2.38. The van der Waals surface area contributed by atoms with Crippen molar-refractivity contribution in [1.82, 2.24) is 16.0 Å². The van der Waals surface area contributed by atoms with E-state index in [1.165, 1.54) is 90.0 Å². The molecular weight excluding hydrogens is 1480 g/mol. The number of halogens is 6. The molecule has 3 amide bonds. The quantitative estimate of drug-likeness (QED) is 0.0234. The Morgan fingerprint density at radius 2 is 0.561 bits per heavy atom. The molecule has 5 N–H and O–H groups in total. The zero-order chi connectivity index (χ0) is 63.8. The summed E-state index contributed by atoms with van der Waals surface area (Å²) in [6, 6.07) is 0. The van der Waals surface area contributed by atoms with Crippen molar-refractivity contribution in [2.75, 3.05) is 119 Å². The van der Waals surface area contributed by atoms with Gasteiger partial charge in [-0.3, -0.25) is 43.2 Å². The summed E-state index contributed by atoms with van der Waals surface area (Å²) in [4.78, 5) is 123. The minimum absolute atomic E-state index is 0.0163. The second-order valence-electron chi connectivity index (χ2n) is 23.3. The number of hydrogen-bond donors (Lipinski definition) is 4. The zero-order valence-corrected chi connectivity index (χ0v) is 59.6. The fraction of sp³-hybridized carbons (Fsp3) is 0.830. The molecule has 0 aliphatic carbocycles. The minimum atomic E-state index is -1.79. The van der Waals surface area contributed by atoms with E-state index in [4.69, 9.17) is 53.1 Å². The van der Waals surface area contributed by atoms with Gasteiger partial charge in [-0.2, -0.15) is 0 Å². The van der Waals surface area contributed by atoms with Crippen molar-refractivity contribution in [2.24, 2.45) is 27.4 Å². The third-order valence-corrected chi connectivity index (χ3v) is 14.5. The van der Waals surface area contributed by atoms with E-state index in [2.05, 4.69) is 112 Å². The third-order valence-electron chi connectivity index (χ3n) is 12.0. The van der Waals surface area contributed by atoms with Gasteiger partial charge < -0.3 is 69.1 Å². The maximum Gasteiger partial charge on any atom is 0.322 e. The van der Waals surface area contributed by atoms with Crippen LogP contribution in [0.15, 0.2) is 0 Å². The van der Waals surface area contributed by atoms with Crippen molar-refractivity contribution >= 4 is 149 Å². The lowest BCUT2D eigenvalue weighted by molar-refractivity contribution is -0.161. The fourth-order valence-electron chi connectivity index (χ4n) is 5.84. The molecular formula is C53H88Br6N4O19. The average Bonchev–Trinajstić information content (AvgIpc) is 3.47. The lowest BCUT2D eigenvalue weighted by Crippen LogP contribution is -2.59. The second kappa shape index (κ2) is 35.0. The Hall–Kier alpha value is -2.09. The first-order valence-electron chi connectivity index (χ1n) is 26.3. The molecule has 82 heavy (non-hydrogen) atoms. The van der Waals surface area contributed by atoms with Crippen molar-refractivity contribution in [3.8, 4) is 0 Å². The number of rotatable bonds is 41. The number of carbonyl (C=O) groups excluding carboxylic acids is 9. The Kier molecular flexibility index (Phi) is 34.2. The van der Waals surface area contributed by atoms with Crippen molar-refractivity contribution in [3.63, 3.8) is 0 Å². The molecule has 0 saturated heterocycles. The Morgan fingerprint density at radius 1 is 0.341 bits per heavy atom. The largest absolute Gasteiger partial charge is 0.463 e. The van der Waals surface area contributed by atoms with Crippen LogP contribution in [0.1, 0.15) is 110 Å². The summed E-state index contributed by atoms with van der Waals surface area (Å²) in [5.74, 6) is -6.89. The second-order valence-corrected chi connectivity index (χ2v) is 34.9. The van der Waals surface area contributed by atoms with Gasteiger partial charge in [0.1, 0.15) is 81.8 Å². The van der Waals surface area contributed by atoms with Gasteiger partial charge in [0, 0.05) is 31.6 Å². The highest BCUT2D eigenvalue weighted by atomic mass is 79.9. The van der Waals surface area contributed by atoms with Crippen molar-refractivity contribution in [1.29, 1.82) is 0 Å². The molecule has 0 fully saturated rings. The first-order valence-corrected chi connectivity index (χ1v) is 31.1. The van der Waals surface area contributed by atoms with Crippen molar-refractivity contribution in [2.45, 2.75) is 136 Å². The van der Waals surface area contributed by atoms with E-state index in [0.29, 0.717) is 32.8 Å². The summed E-state index contributed by atoms with van der Waals surface area (Å²) < 4.78 is 49.5. The highest BCUT2D eigenvalue weighted by Gasteiger charge is 2.46. The third kappa shape index (κ3) is 30.0. The normalized spacial score (nSPS) is 14.3. The fourth-order valence-corrected chi connectivity index (χ4v) is 6.52. The van der Waals surface area contributed by atoms with E-state index >= 15 is 0 Å². The number of alkyl halides is 6. The summed E-state index contributed by atoms with van der Waals surface area (Å²) in [6.45, 7) is 19.2. The van der Waals surface area contributed by atoms with Crippen LogP contribution in [-0.4, -0.2) is 198 Å². The monoisotopic (exact) mass is 1560 g/mol. The molecule has 0 heterocycles. The molecule has 0 rings (SSSR count). The van der Waals surface area contributed by atoms with Gasteiger partial charge in [-0.15, -0.1) is 0 Å². The predicted octanol–water partition coefficient (Wildman–Crippen LogP) is 6.06. The number of carbonyl (C=O) groups is 9. The molecule has 0 aromatic heterocycles. The number of ether oxygens (including phenoxy) is 10. The first kappa shape index (κ1) is 79.9. The number of esters is 6. The van der Waals surface area contributed by atoms with Crippen LogP contribution in [0.3, 0.4) is 0 Å². The molecule has 2 atom stereocenters. The molecule has 0 bridgehead atoms. The van der Waals surface area contributed by atoms with Gasteiger partial charge in [-0.25, -0.2) is 0 Å². The smallest absolute Gasteiger partial charge is 0.322 e. The summed E-state index contributed by atoms with van der Waals surface area (Å²) >= 11 is 19.7. The van der Waals surface area contributed by atoms with Crippen molar-refractivity contribution in [3.05, 3.63) is 0 Å². The first-order chi connectivity index (χ1) is 37.3. The molecule has 0 radical (unpaired) electrons. The number of nitrogens with two attached hydrogens (primary N) is 1. The van der Waals surface area contributed by atoms with E-state index in [1.807, 2.05) is 0 Å². The van der Waals surface area contributed by atoms with Crippen LogP contribution in [-0.2, 0) is 90.5 Å². The van der Waals surface area contributed by atoms with Gasteiger partial charge in [0.2, 0.25) is 17.7 Å². The van der Waals surface area contributed by atoms with E-state index in [0.717, 1.165) is 0 Å². The van der Waals surface area contributed by atoms with E-state index in [1.54, 1.807) is 13.8 Å². The van der Waals surface area contributed by atoms with Gasteiger partial charge in [0.05, 0.1) is 52.9 Å². The standard InChI is InChI=1S/C53H88Br6N4O19/c1-16-52(15,59)43(72)82-33-51(14,32-81-42(71)48(10,11)58)37(66)63-27-53(34-76-24-23-75-22-21-74-20-19-73-18-17-60,25-61-35(64)49(12,28-77-38(67)44(2,3)54)29-78-39(68)45(4,5)55)26-62-36(65)50(13,30-79-40(69)46(6,7)56)31-80-41(70)47(8,9)57/h16-34,60H2,1-15H3,(H,61,64)(H,62,65)(H,63,66). The number of nitrogens with one attached hydrogen (secondary N) is 3. The number of amides is 3. The van der Waals surface area contributed by atoms with Crippen LogP contribution in [0, 0.1) is 21.7 Å². The Morgan fingerprint density at radius 3 is 0.780 bits per heavy atom. The summed E-state index contributed by atoms with van der Waals surface area (Å²) in [7, 11) is 0. The molecule has 0 saturated carbocycles. The predicted molar refractivity (Wildman–Crippen MR) is 327 cm³/mol. The minimum Gasteiger partial charge on any atom is -0.463 e. The summed E-state index contributed by atoms with van der Waals surface area (Å²) in [5, 5.41) is 8.56. The topological polar surface area (TPSA) is 308 Å². The van der Waals surface area contributed by atoms with Crippen LogP contribution >= 0.6 is 95.6 Å². The molecule has 23 nitrogen and oxygen atoms in total. The van der Waals surface area contributed by atoms with Gasteiger partial charge in [0.15, 0.2) is 0 Å². The zero-order valence-electron chi connectivity index (χ0n) is 50.0. The molecule has 0 aliphatic heterocycles. The number of hydrogen-bond acceptors (Lipinski definition) is 20. The van der Waals surface area contributed by atoms with Crippen LogP contribution in [0.4, 0.5) is 0 Å². The van der Waals surface area contributed by atoms with Gasteiger partial charge in [-0.05, 0) is 103 Å². The van der Waals surface area contributed by atoms with Gasteiger partial charge in [-0.1, -0.05) is 103 Å².